The molecule has 0 aliphatic carbocycles. The van der Waals surface area contributed by atoms with E-state index in [4.69, 9.17) is 33.8 Å². The van der Waals surface area contributed by atoms with Crippen molar-refractivity contribution in [3.05, 3.63) is 334 Å². The topological polar surface area (TPSA) is 306 Å². The summed E-state index contributed by atoms with van der Waals surface area (Å²) in [5.41, 5.74) is 41.1. The highest BCUT2D eigenvalue weighted by Crippen LogP contribution is 2.51. The van der Waals surface area contributed by atoms with Gasteiger partial charge in [-0.25, -0.2) is 14.4 Å². The molecule has 22 heteroatoms. The Bertz CT molecular complexity index is 6710. The number of anilines is 1. The number of methoxy groups -OCH3 is 3. The monoisotopic (exact) mass is 1850 g/mol. The van der Waals surface area contributed by atoms with Gasteiger partial charge in [-0.05, 0) is 384 Å². The van der Waals surface area contributed by atoms with Crippen LogP contribution in [0.3, 0.4) is 0 Å². The average molecular weight is 1860 g/mol. The number of aliphatic hydroxyl groups excluding tert-OH is 1. The molecule has 0 fully saturated rings. The second kappa shape index (κ2) is 43.5. The van der Waals surface area contributed by atoms with Gasteiger partial charge in [0, 0.05) is 51.7 Å². The van der Waals surface area contributed by atoms with Gasteiger partial charge in [-0.15, -0.1) is 0 Å². The lowest BCUT2D eigenvalue weighted by atomic mass is 9.84. The van der Waals surface area contributed by atoms with E-state index in [9.17, 15) is 55.1 Å². The fourth-order valence-corrected chi connectivity index (χ4v) is 17.8. The summed E-state index contributed by atoms with van der Waals surface area (Å²) in [4.78, 5) is 73.7. The van der Waals surface area contributed by atoms with Crippen LogP contribution in [0.4, 0.5) is 22.7 Å². The number of nitro benzene ring substituents is 3. The predicted molar refractivity (Wildman–Crippen MR) is 549 cm³/mol. The Morgan fingerprint density at radius 1 is 0.331 bits per heavy atom. The van der Waals surface area contributed by atoms with Crippen LogP contribution in [0.15, 0.2) is 170 Å². The molecule has 0 aromatic heterocycles. The van der Waals surface area contributed by atoms with Crippen molar-refractivity contribution in [2.45, 2.75) is 235 Å². The highest BCUT2D eigenvalue weighted by atomic mass is 28.4. The van der Waals surface area contributed by atoms with E-state index in [0.717, 1.165) is 139 Å². The van der Waals surface area contributed by atoms with Crippen molar-refractivity contribution in [1.29, 1.82) is 5.26 Å². The molecule has 0 saturated heterocycles. The van der Waals surface area contributed by atoms with Crippen molar-refractivity contribution in [2.24, 2.45) is 0 Å². The van der Waals surface area contributed by atoms with Crippen molar-refractivity contribution in [2.75, 3.05) is 27.1 Å². The molecule has 12 aromatic rings. The molecule has 0 saturated carbocycles. The summed E-state index contributed by atoms with van der Waals surface area (Å²) in [6.45, 7) is 57.4. The Balaban J connectivity index is 0.000000203. The predicted octanol–water partition coefficient (Wildman–Crippen LogP) is 28.2. The van der Waals surface area contributed by atoms with E-state index < -0.39 is 71.7 Å². The number of nitrogen functional groups attached to an aromatic ring is 1. The molecule has 0 heterocycles. The lowest BCUT2D eigenvalue weighted by molar-refractivity contribution is -0.384. The van der Waals surface area contributed by atoms with Gasteiger partial charge in [-0.2, -0.15) is 5.26 Å². The Morgan fingerprint density at radius 3 is 0.772 bits per heavy atom. The number of hydrogen-bond acceptors (Lipinski definition) is 18. The molecule has 0 bridgehead atoms. The minimum Gasteiger partial charge on any atom is -0.467 e. The molecule has 4 atom stereocenters. The molecule has 0 amide bonds. The van der Waals surface area contributed by atoms with Crippen molar-refractivity contribution in [3.8, 4) is 95.1 Å². The number of aryl methyl sites for hydroxylation is 16. The summed E-state index contributed by atoms with van der Waals surface area (Å²) in [6.07, 6.45) is -4.59. The lowest BCUT2D eigenvalue weighted by Crippen LogP contribution is -2.29. The molecular weight excluding hydrogens is 1720 g/mol. The van der Waals surface area contributed by atoms with Crippen molar-refractivity contribution >= 4 is 49.0 Å². The van der Waals surface area contributed by atoms with Gasteiger partial charge in [0.25, 0.3) is 17.1 Å². The number of ether oxygens (including phenoxy) is 5. The van der Waals surface area contributed by atoms with Crippen molar-refractivity contribution in [3.63, 3.8) is 0 Å². The van der Waals surface area contributed by atoms with Crippen LogP contribution in [0.5, 0.6) is 0 Å². The van der Waals surface area contributed by atoms with E-state index in [0.29, 0.717) is 61.3 Å². The third-order valence-electron chi connectivity index (χ3n) is 25.3. The van der Waals surface area contributed by atoms with Gasteiger partial charge in [0.1, 0.15) is 0 Å². The SMILES string of the molecule is COC(=O)C(O)c1cc([N+](=O)[O-])c(-c2ccc(C)c(C)c2)c(C)c1-c1ccc(C)c(C)c1.COC(=O)C(OC(C)(C)C)c1cc(N)c(-c2ccc(C)c(C)c2)c(C)c1-c1ccc(C)c(C)c1.COC(=O)C(OC(C)(C)C)c1cc([N+](=O)[O-])c(-c2ccc(C)c(C)c2)c(C)c1-c1ccc(C)c(C)c1.Cc1ccc(-c2c(C(C#N)O[Si](C)(C)C)cc([N+](=O)[O-])c(-c3ccc(C)c(C)c3)c2C)cc1C. The van der Waals surface area contributed by atoms with E-state index in [1.54, 1.807) is 13.0 Å². The van der Waals surface area contributed by atoms with Crippen LogP contribution in [0.1, 0.15) is 199 Å². The van der Waals surface area contributed by atoms with Gasteiger partial charge in [-0.3, -0.25) is 30.3 Å². The zero-order chi connectivity index (χ0) is 101. The average Bonchev–Trinajstić information content (AvgIpc) is 0.760. The quantitative estimate of drug-likeness (QED) is 0.0159. The Morgan fingerprint density at radius 2 is 0.544 bits per heavy atom. The molecule has 4 unspecified atom stereocenters. The highest BCUT2D eigenvalue weighted by Gasteiger charge is 2.39. The smallest absolute Gasteiger partial charge is 0.339 e. The molecule has 0 aliphatic rings. The third-order valence-corrected chi connectivity index (χ3v) is 26.2. The van der Waals surface area contributed by atoms with Crippen LogP contribution in [-0.2, 0) is 42.5 Å². The van der Waals surface area contributed by atoms with Gasteiger partial charge in [0.05, 0.1) is 70.1 Å². The van der Waals surface area contributed by atoms with Crippen LogP contribution >= 0.6 is 0 Å². The van der Waals surface area contributed by atoms with E-state index >= 15 is 0 Å². The fraction of sp³-hybridized carbons (Fsp3) is 0.333. The molecule has 12 rings (SSSR count). The minimum atomic E-state index is -2.11. The summed E-state index contributed by atoms with van der Waals surface area (Å²) in [7, 11) is 1.74. The molecule has 136 heavy (non-hydrogen) atoms. The first-order valence-electron chi connectivity index (χ1n) is 45.3. The number of carbonyl (C=O) groups excluding carboxylic acids is 3. The molecule has 12 aromatic carbocycles. The highest BCUT2D eigenvalue weighted by molar-refractivity contribution is 6.69. The zero-order valence-electron chi connectivity index (χ0n) is 84.9. The van der Waals surface area contributed by atoms with Crippen molar-refractivity contribution < 1.29 is 62.4 Å². The number of nitrogens with two attached hydrogens (primary N) is 1. The first kappa shape index (κ1) is 106. The normalized spacial score (nSPS) is 12.3. The van der Waals surface area contributed by atoms with Gasteiger partial charge in [-0.1, -0.05) is 146 Å². The maximum absolute atomic E-state index is 13.0. The van der Waals surface area contributed by atoms with Crippen LogP contribution in [-0.4, -0.2) is 78.6 Å². The molecule has 0 radical (unpaired) electrons. The maximum atomic E-state index is 13.0. The Hall–Kier alpha value is -13.4. The zero-order valence-corrected chi connectivity index (χ0v) is 85.9. The molecule has 21 nitrogen and oxygen atoms in total. The van der Waals surface area contributed by atoms with Gasteiger partial charge >= 0.3 is 17.9 Å². The van der Waals surface area contributed by atoms with Crippen LogP contribution in [0.2, 0.25) is 19.6 Å². The fourth-order valence-electron chi connectivity index (χ4n) is 16.9. The van der Waals surface area contributed by atoms with E-state index in [2.05, 4.69) is 90.1 Å². The number of nitrogens with zero attached hydrogens (tertiary/aromatic N) is 4. The van der Waals surface area contributed by atoms with E-state index in [1.165, 1.54) is 55.7 Å². The summed E-state index contributed by atoms with van der Waals surface area (Å²) in [5.74, 6) is -1.93. The molecule has 712 valence electrons. The second-order valence-electron chi connectivity index (χ2n) is 38.6. The molecule has 0 aliphatic heterocycles. The Labute approximate surface area is 803 Å². The first-order chi connectivity index (χ1) is 63.5. The number of hydrogen-bond donors (Lipinski definition) is 2. The standard InChI is InChI=1S/C30H35NO5.C30H37NO3.C28H32N2O3Si.C26H27NO5/c1-17-10-12-22(14-19(17)3)26-21(5)27(23-13-11-18(2)20(4)15-23)25(31(33)34)16-24(26)28(29(32)35-9)36-30(6,7)8;1-17-10-12-22(14-19(17)3)26-21(5)27(23-13-11-18(2)20(4)15-23)25(31)16-24(26)28(29(32)33-9)34-30(6,7)8;1-17-9-11-22(13-19(17)3)27-21(5)28(23-12-10-18(2)20(4)14-23)25(30(31)32)15-24(27)26(16-29)33-34(6,7)8;1-14-7-9-19(11-16(14)3)23-18(5)24(20-10-8-15(2)17(4)12-20)22(27(30)31)13-21(23)25(28)26(29)32-6/h10-16,28H,1-9H3;10-16,28H,31H2,1-9H3;9-15,26H,1-8H3;7-13,25,28H,1-6H3. The lowest BCUT2D eigenvalue weighted by Gasteiger charge is -2.29. The summed E-state index contributed by atoms with van der Waals surface area (Å²) in [6, 6.07) is 56.7. The molecule has 3 N–H and O–H groups in total. The third kappa shape index (κ3) is 24.5. The van der Waals surface area contributed by atoms with E-state index in [1.807, 2.05) is 260 Å². The molecule has 0 spiro atoms. The van der Waals surface area contributed by atoms with Crippen LogP contribution in [0, 0.1) is 180 Å². The number of rotatable bonds is 22. The maximum Gasteiger partial charge on any atom is 0.339 e. The number of aliphatic hydroxyl groups is 1. The number of benzene rings is 12. The number of nitro groups is 3. The van der Waals surface area contributed by atoms with Gasteiger partial charge in [0.15, 0.2) is 32.7 Å². The number of carbonyl (C=O) groups is 3. The summed E-state index contributed by atoms with van der Waals surface area (Å²) in [5, 5.41) is 57.5. The largest absolute Gasteiger partial charge is 0.467 e. The van der Waals surface area contributed by atoms with Gasteiger partial charge < -0.3 is 39.0 Å². The molecular formula is C114H131N5O16Si. The first-order valence-corrected chi connectivity index (χ1v) is 48.7. The van der Waals surface area contributed by atoms with E-state index in [-0.39, 0.29) is 27.5 Å². The van der Waals surface area contributed by atoms with Crippen LogP contribution < -0.4 is 5.73 Å². The number of esters is 3. The summed E-state index contributed by atoms with van der Waals surface area (Å²) >= 11 is 0. The van der Waals surface area contributed by atoms with Gasteiger partial charge in [0.2, 0.25) is 0 Å². The number of nitriles is 1. The summed E-state index contributed by atoms with van der Waals surface area (Å²) < 4.78 is 33.6. The van der Waals surface area contributed by atoms with Crippen LogP contribution in [0.25, 0.3) is 89.0 Å². The second-order valence-corrected chi connectivity index (χ2v) is 43.1. The minimum absolute atomic E-state index is 0.0113. The van der Waals surface area contributed by atoms with Crippen molar-refractivity contribution in [1.82, 2.24) is 0 Å². The Kier molecular flexibility index (Phi) is 34.0.